The van der Waals surface area contributed by atoms with Crippen molar-refractivity contribution in [1.29, 1.82) is 0 Å². The Hall–Kier alpha value is -2.81. The highest BCUT2D eigenvalue weighted by Gasteiger charge is 2.33. The Bertz CT molecular complexity index is 789. The summed E-state index contributed by atoms with van der Waals surface area (Å²) in [5, 5.41) is 0. The summed E-state index contributed by atoms with van der Waals surface area (Å²) in [6.07, 6.45) is 3.17. The number of carbonyl (C=O) groups excluding carboxylic acids is 3. The van der Waals surface area contributed by atoms with Crippen LogP contribution in [0.15, 0.2) is 60.2 Å². The monoisotopic (exact) mass is 304 g/mol. The first-order chi connectivity index (χ1) is 11.1. The SMILES string of the molecule is CCCc1ccc(C(=O)C=C2C(=O)c3ccccc3C2=O)cc1. The van der Waals surface area contributed by atoms with E-state index in [1.807, 2.05) is 12.1 Å². The number of Topliss-reactive ketones (excluding diaryl/α,β-unsaturated/α-hetero) is 2. The Labute approximate surface area is 134 Å². The summed E-state index contributed by atoms with van der Waals surface area (Å²) in [5.74, 6) is -1.07. The average molecular weight is 304 g/mol. The topological polar surface area (TPSA) is 51.2 Å². The van der Waals surface area contributed by atoms with Gasteiger partial charge in [-0.05, 0) is 12.0 Å². The second-order valence-corrected chi connectivity index (χ2v) is 5.57. The van der Waals surface area contributed by atoms with Crippen molar-refractivity contribution in [2.75, 3.05) is 0 Å². The Morgan fingerprint density at radius 2 is 1.48 bits per heavy atom. The fraction of sp³-hybridized carbons (Fsp3) is 0.150. The highest BCUT2D eigenvalue weighted by atomic mass is 16.2. The fourth-order valence-corrected chi connectivity index (χ4v) is 2.74. The van der Waals surface area contributed by atoms with E-state index in [1.165, 1.54) is 6.08 Å². The lowest BCUT2D eigenvalue weighted by atomic mass is 10.0. The average Bonchev–Trinajstić information content (AvgIpc) is 2.81. The van der Waals surface area contributed by atoms with Gasteiger partial charge in [-0.3, -0.25) is 14.4 Å². The Morgan fingerprint density at radius 3 is 2.00 bits per heavy atom. The van der Waals surface area contributed by atoms with Gasteiger partial charge >= 0.3 is 0 Å². The number of fused-ring (bicyclic) bond motifs is 1. The minimum absolute atomic E-state index is 0.0474. The summed E-state index contributed by atoms with van der Waals surface area (Å²) in [7, 11) is 0. The van der Waals surface area contributed by atoms with E-state index in [4.69, 9.17) is 0 Å². The van der Waals surface area contributed by atoms with Gasteiger partial charge in [-0.1, -0.05) is 61.9 Å². The number of rotatable bonds is 4. The van der Waals surface area contributed by atoms with E-state index in [0.717, 1.165) is 18.4 Å². The lowest BCUT2D eigenvalue weighted by Crippen LogP contribution is -2.05. The lowest BCUT2D eigenvalue weighted by Gasteiger charge is -2.01. The van der Waals surface area contributed by atoms with E-state index < -0.39 is 0 Å². The third-order valence-electron chi connectivity index (χ3n) is 3.96. The maximum Gasteiger partial charge on any atom is 0.197 e. The third-order valence-corrected chi connectivity index (χ3v) is 3.96. The van der Waals surface area contributed by atoms with Gasteiger partial charge in [-0.2, -0.15) is 0 Å². The first-order valence-corrected chi connectivity index (χ1v) is 7.65. The molecule has 0 amide bonds. The Kier molecular flexibility index (Phi) is 4.02. The van der Waals surface area contributed by atoms with Crippen molar-refractivity contribution in [2.24, 2.45) is 0 Å². The van der Waals surface area contributed by atoms with Crippen LogP contribution < -0.4 is 0 Å². The first kappa shape index (κ1) is 15.1. The quantitative estimate of drug-likeness (QED) is 0.490. The second kappa shape index (κ2) is 6.13. The molecular formula is C20H16O3. The van der Waals surface area contributed by atoms with Crippen LogP contribution in [0.3, 0.4) is 0 Å². The molecule has 0 bridgehead atoms. The van der Waals surface area contributed by atoms with Gasteiger partial charge in [0.1, 0.15) is 0 Å². The molecule has 3 heteroatoms. The number of hydrogen-bond donors (Lipinski definition) is 0. The third kappa shape index (κ3) is 2.78. The molecule has 0 radical (unpaired) electrons. The molecule has 0 spiro atoms. The molecule has 3 nitrogen and oxygen atoms in total. The molecule has 1 aliphatic rings. The number of allylic oxidation sites excluding steroid dienone is 2. The van der Waals surface area contributed by atoms with E-state index in [0.29, 0.717) is 16.7 Å². The molecular weight excluding hydrogens is 288 g/mol. The molecule has 0 saturated carbocycles. The van der Waals surface area contributed by atoms with Crippen molar-refractivity contribution in [2.45, 2.75) is 19.8 Å². The predicted octanol–water partition coefficient (Wildman–Crippen LogP) is 3.83. The van der Waals surface area contributed by atoms with Crippen molar-refractivity contribution in [3.63, 3.8) is 0 Å². The highest BCUT2D eigenvalue weighted by Crippen LogP contribution is 2.26. The summed E-state index contributed by atoms with van der Waals surface area (Å²) in [6, 6.07) is 13.9. The van der Waals surface area contributed by atoms with Crippen molar-refractivity contribution in [1.82, 2.24) is 0 Å². The zero-order chi connectivity index (χ0) is 16.4. The van der Waals surface area contributed by atoms with Crippen LogP contribution in [0, 0.1) is 0 Å². The molecule has 0 fully saturated rings. The summed E-state index contributed by atoms with van der Waals surface area (Å²) in [4.78, 5) is 36.9. The van der Waals surface area contributed by atoms with Crippen LogP contribution >= 0.6 is 0 Å². The number of hydrogen-bond acceptors (Lipinski definition) is 3. The number of benzene rings is 2. The molecule has 23 heavy (non-hydrogen) atoms. The van der Waals surface area contributed by atoms with E-state index in [9.17, 15) is 14.4 Å². The van der Waals surface area contributed by atoms with Gasteiger partial charge < -0.3 is 0 Å². The summed E-state index contributed by atoms with van der Waals surface area (Å²) < 4.78 is 0. The van der Waals surface area contributed by atoms with Crippen LogP contribution in [-0.2, 0) is 6.42 Å². The largest absolute Gasteiger partial charge is 0.289 e. The molecule has 1 aliphatic carbocycles. The molecule has 0 N–H and O–H groups in total. The number of carbonyl (C=O) groups is 3. The van der Waals surface area contributed by atoms with Gasteiger partial charge in [0.2, 0.25) is 0 Å². The fourth-order valence-electron chi connectivity index (χ4n) is 2.74. The zero-order valence-corrected chi connectivity index (χ0v) is 12.8. The zero-order valence-electron chi connectivity index (χ0n) is 12.8. The Morgan fingerprint density at radius 1 is 0.913 bits per heavy atom. The van der Waals surface area contributed by atoms with E-state index in [-0.39, 0.29) is 22.9 Å². The lowest BCUT2D eigenvalue weighted by molar-refractivity contribution is 0.0971. The smallest absolute Gasteiger partial charge is 0.197 e. The molecule has 114 valence electrons. The molecule has 2 aromatic rings. The van der Waals surface area contributed by atoms with Gasteiger partial charge in [-0.25, -0.2) is 0 Å². The summed E-state index contributed by atoms with van der Waals surface area (Å²) >= 11 is 0. The van der Waals surface area contributed by atoms with Crippen LogP contribution in [0.4, 0.5) is 0 Å². The van der Waals surface area contributed by atoms with Crippen molar-refractivity contribution in [3.05, 3.63) is 82.4 Å². The summed E-state index contributed by atoms with van der Waals surface area (Å²) in [5.41, 5.74) is 2.34. The highest BCUT2D eigenvalue weighted by molar-refractivity contribution is 6.41. The number of aryl methyl sites for hydroxylation is 1. The van der Waals surface area contributed by atoms with E-state index in [1.54, 1.807) is 36.4 Å². The second-order valence-electron chi connectivity index (χ2n) is 5.57. The molecule has 0 unspecified atom stereocenters. The van der Waals surface area contributed by atoms with Crippen LogP contribution in [0.1, 0.15) is 50.0 Å². The van der Waals surface area contributed by atoms with Crippen molar-refractivity contribution in [3.8, 4) is 0 Å². The van der Waals surface area contributed by atoms with E-state index in [2.05, 4.69) is 6.92 Å². The molecule has 0 aromatic heterocycles. The molecule has 0 saturated heterocycles. The molecule has 0 heterocycles. The standard InChI is InChI=1S/C20H16O3/c1-2-5-13-8-10-14(11-9-13)18(21)12-17-19(22)15-6-3-4-7-16(15)20(17)23/h3-4,6-12H,2,5H2,1H3. The van der Waals surface area contributed by atoms with E-state index >= 15 is 0 Å². The number of ketones is 3. The minimum Gasteiger partial charge on any atom is -0.289 e. The molecule has 0 atom stereocenters. The maximum atomic E-state index is 12.3. The minimum atomic E-state index is -0.374. The van der Waals surface area contributed by atoms with Crippen molar-refractivity contribution < 1.29 is 14.4 Å². The van der Waals surface area contributed by atoms with Crippen LogP contribution in [0.25, 0.3) is 0 Å². The predicted molar refractivity (Wildman–Crippen MR) is 88.0 cm³/mol. The van der Waals surface area contributed by atoms with Crippen LogP contribution in [0.5, 0.6) is 0 Å². The van der Waals surface area contributed by atoms with Crippen LogP contribution in [0.2, 0.25) is 0 Å². The van der Waals surface area contributed by atoms with Gasteiger partial charge in [0, 0.05) is 22.8 Å². The molecule has 0 aliphatic heterocycles. The Balaban J connectivity index is 1.89. The van der Waals surface area contributed by atoms with Gasteiger partial charge in [0.25, 0.3) is 0 Å². The summed E-state index contributed by atoms with van der Waals surface area (Å²) in [6.45, 7) is 2.10. The van der Waals surface area contributed by atoms with Gasteiger partial charge in [0.05, 0.1) is 5.57 Å². The maximum absolute atomic E-state index is 12.3. The first-order valence-electron chi connectivity index (χ1n) is 7.65. The normalized spacial score (nSPS) is 13.2. The van der Waals surface area contributed by atoms with Gasteiger partial charge in [0.15, 0.2) is 17.3 Å². The molecule has 3 rings (SSSR count). The van der Waals surface area contributed by atoms with Crippen molar-refractivity contribution >= 4 is 17.3 Å². The molecule has 2 aromatic carbocycles. The van der Waals surface area contributed by atoms with Gasteiger partial charge in [-0.15, -0.1) is 0 Å². The van der Waals surface area contributed by atoms with Crippen LogP contribution in [-0.4, -0.2) is 17.3 Å².